The van der Waals surface area contributed by atoms with Crippen molar-refractivity contribution in [3.63, 3.8) is 0 Å². The molecule has 5 aliphatic rings. The lowest BCUT2D eigenvalue weighted by molar-refractivity contribution is -0.137. The Morgan fingerprint density at radius 2 is 1.71 bits per heavy atom. The van der Waals surface area contributed by atoms with Gasteiger partial charge < -0.3 is 25.3 Å². The van der Waals surface area contributed by atoms with Crippen molar-refractivity contribution in [3.8, 4) is 0 Å². The molecule has 2 saturated carbocycles. The number of carbonyl (C=O) groups excluding carboxylic acids is 1. The van der Waals surface area contributed by atoms with Gasteiger partial charge in [0.15, 0.2) is 0 Å². The van der Waals surface area contributed by atoms with E-state index >= 15 is 0 Å². The first-order chi connectivity index (χ1) is 23.7. The zero-order valence-corrected chi connectivity index (χ0v) is 29.3. The molecule has 2 aromatic rings. The van der Waals surface area contributed by atoms with Crippen molar-refractivity contribution in [2.75, 3.05) is 56.9 Å². The van der Waals surface area contributed by atoms with Gasteiger partial charge in [0, 0.05) is 43.0 Å². The molecule has 4 heterocycles. The van der Waals surface area contributed by atoms with E-state index in [1.807, 2.05) is 4.90 Å². The Bertz CT molecular complexity index is 1450. The highest BCUT2D eigenvalue weighted by atomic mass is 19.4. The standard InChI is InChI=1S/C38H54F3N7O/c1-3-30-22-29(21-25-5-6-25)36(49)48(30)16-4-15-42-35-33(38(39,40)41)24-43-37(45-35)44-34-10-9-28(23-32(34)27-7-8-27)26-11-19-47(20-12-26)31-13-17-46(2)18-14-31/h9-10,23-27,29-31H,3-8,11-22H2,1-2H3,(H2,42,43,44,45). The van der Waals surface area contributed by atoms with Crippen molar-refractivity contribution < 1.29 is 18.0 Å². The summed E-state index contributed by atoms with van der Waals surface area (Å²) in [5, 5.41) is 6.23. The van der Waals surface area contributed by atoms with E-state index < -0.39 is 11.7 Å². The van der Waals surface area contributed by atoms with E-state index in [1.165, 1.54) is 49.9 Å². The SMILES string of the molecule is CCC1CC(CC2CC2)C(=O)N1CCCNc1nc(Nc2ccc(C3CCN(C4CCN(C)CC4)CC3)cc2C2CC2)ncc1C(F)(F)F. The Labute approximate surface area is 289 Å². The van der Waals surface area contributed by atoms with E-state index in [-0.39, 0.29) is 36.2 Å². The van der Waals surface area contributed by atoms with E-state index in [0.29, 0.717) is 36.8 Å². The monoisotopic (exact) mass is 681 g/mol. The molecule has 268 valence electrons. The fraction of sp³-hybridized carbons (Fsp3) is 0.711. The van der Waals surface area contributed by atoms with Crippen LogP contribution in [-0.2, 0) is 11.0 Å². The summed E-state index contributed by atoms with van der Waals surface area (Å²) < 4.78 is 42.0. The molecule has 3 saturated heterocycles. The second-order valence-corrected chi connectivity index (χ2v) is 15.5. The van der Waals surface area contributed by atoms with Crippen molar-refractivity contribution in [2.24, 2.45) is 11.8 Å². The third-order valence-electron chi connectivity index (χ3n) is 11.9. The molecule has 5 fully saturated rings. The van der Waals surface area contributed by atoms with Crippen LogP contribution in [0.4, 0.5) is 30.6 Å². The maximum atomic E-state index is 14.0. The average molecular weight is 682 g/mol. The fourth-order valence-corrected chi connectivity index (χ4v) is 8.60. The summed E-state index contributed by atoms with van der Waals surface area (Å²) in [6.45, 7) is 7.58. The number of carbonyl (C=O) groups is 1. The van der Waals surface area contributed by atoms with Crippen LogP contribution in [0.2, 0.25) is 0 Å². The van der Waals surface area contributed by atoms with Gasteiger partial charge in [-0.15, -0.1) is 0 Å². The largest absolute Gasteiger partial charge is 0.421 e. The van der Waals surface area contributed by atoms with Crippen LogP contribution in [0.3, 0.4) is 0 Å². The Morgan fingerprint density at radius 1 is 0.959 bits per heavy atom. The van der Waals surface area contributed by atoms with Crippen molar-refractivity contribution in [1.29, 1.82) is 0 Å². The van der Waals surface area contributed by atoms with Gasteiger partial charge in [-0.3, -0.25) is 4.79 Å². The summed E-state index contributed by atoms with van der Waals surface area (Å²) in [6, 6.07) is 7.53. The van der Waals surface area contributed by atoms with Gasteiger partial charge in [0.05, 0.1) is 0 Å². The number of hydrogen-bond donors (Lipinski definition) is 2. The Morgan fingerprint density at radius 3 is 2.39 bits per heavy atom. The number of anilines is 3. The molecule has 1 amide bonds. The predicted molar refractivity (Wildman–Crippen MR) is 187 cm³/mol. The lowest BCUT2D eigenvalue weighted by atomic mass is 9.86. The molecule has 2 N–H and O–H groups in total. The first-order valence-corrected chi connectivity index (χ1v) is 19.0. The van der Waals surface area contributed by atoms with Gasteiger partial charge >= 0.3 is 6.18 Å². The van der Waals surface area contributed by atoms with Gasteiger partial charge in [0.25, 0.3) is 0 Å². The minimum Gasteiger partial charge on any atom is -0.369 e. The summed E-state index contributed by atoms with van der Waals surface area (Å²) in [5.41, 5.74) is 2.58. The maximum Gasteiger partial charge on any atom is 0.421 e. The second-order valence-electron chi connectivity index (χ2n) is 15.5. The van der Waals surface area contributed by atoms with E-state index in [9.17, 15) is 18.0 Å². The number of rotatable bonds is 13. The van der Waals surface area contributed by atoms with Gasteiger partial charge in [-0.1, -0.05) is 31.9 Å². The van der Waals surface area contributed by atoms with Crippen molar-refractivity contribution in [2.45, 2.75) is 114 Å². The molecule has 2 aliphatic carbocycles. The molecule has 49 heavy (non-hydrogen) atoms. The van der Waals surface area contributed by atoms with Gasteiger partial charge in [0.1, 0.15) is 11.4 Å². The van der Waals surface area contributed by atoms with E-state index in [2.05, 4.69) is 62.6 Å². The molecule has 1 aromatic heterocycles. The zero-order valence-electron chi connectivity index (χ0n) is 29.3. The van der Waals surface area contributed by atoms with Crippen molar-refractivity contribution >= 4 is 23.4 Å². The smallest absolute Gasteiger partial charge is 0.369 e. The van der Waals surface area contributed by atoms with Crippen LogP contribution in [0.25, 0.3) is 0 Å². The number of hydrogen-bond acceptors (Lipinski definition) is 7. The molecule has 0 spiro atoms. The van der Waals surface area contributed by atoms with Crippen LogP contribution in [0.5, 0.6) is 0 Å². The molecular formula is C38H54F3N7O. The fourth-order valence-electron chi connectivity index (χ4n) is 8.60. The number of nitrogens with one attached hydrogen (secondary N) is 2. The van der Waals surface area contributed by atoms with Gasteiger partial charge in [0.2, 0.25) is 11.9 Å². The van der Waals surface area contributed by atoms with Crippen LogP contribution in [0.15, 0.2) is 24.4 Å². The number of halogens is 3. The lowest BCUT2D eigenvalue weighted by Crippen LogP contribution is -2.46. The van der Waals surface area contributed by atoms with Crippen LogP contribution < -0.4 is 10.6 Å². The number of nitrogens with zero attached hydrogens (tertiary/aromatic N) is 5. The quantitative estimate of drug-likeness (QED) is 0.211. The lowest BCUT2D eigenvalue weighted by Gasteiger charge is -2.41. The molecule has 7 rings (SSSR count). The number of likely N-dealkylation sites (tertiary alicyclic amines) is 3. The van der Waals surface area contributed by atoms with E-state index in [4.69, 9.17) is 0 Å². The summed E-state index contributed by atoms with van der Waals surface area (Å²) in [4.78, 5) is 28.7. The zero-order chi connectivity index (χ0) is 34.1. The van der Waals surface area contributed by atoms with Gasteiger partial charge in [-0.25, -0.2) is 4.98 Å². The van der Waals surface area contributed by atoms with Crippen molar-refractivity contribution in [1.82, 2.24) is 24.7 Å². The van der Waals surface area contributed by atoms with E-state index in [0.717, 1.165) is 69.9 Å². The Hall–Kier alpha value is -2.92. The van der Waals surface area contributed by atoms with Crippen molar-refractivity contribution in [3.05, 3.63) is 41.1 Å². The minimum atomic E-state index is -4.58. The summed E-state index contributed by atoms with van der Waals surface area (Å²) >= 11 is 0. The number of aromatic nitrogens is 2. The highest BCUT2D eigenvalue weighted by Crippen LogP contribution is 2.46. The number of benzene rings is 1. The second kappa shape index (κ2) is 14.7. The first kappa shape index (κ1) is 34.5. The molecule has 0 bridgehead atoms. The topological polar surface area (TPSA) is 76.6 Å². The molecule has 1 aromatic carbocycles. The molecule has 8 nitrogen and oxygen atoms in total. The average Bonchev–Trinajstić information content (AvgIpc) is 4.03. The summed E-state index contributed by atoms with van der Waals surface area (Å²) in [5.74, 6) is 1.94. The molecular weight excluding hydrogens is 627 g/mol. The Kier molecular flexibility index (Phi) is 10.4. The molecule has 3 aliphatic heterocycles. The van der Waals surface area contributed by atoms with Crippen LogP contribution in [-0.4, -0.2) is 89.0 Å². The van der Waals surface area contributed by atoms with Crippen LogP contribution in [0.1, 0.15) is 112 Å². The van der Waals surface area contributed by atoms with E-state index in [1.54, 1.807) is 0 Å². The summed E-state index contributed by atoms with van der Waals surface area (Å²) in [7, 11) is 2.21. The third-order valence-corrected chi connectivity index (χ3v) is 11.9. The predicted octanol–water partition coefficient (Wildman–Crippen LogP) is 7.62. The van der Waals surface area contributed by atoms with Gasteiger partial charge in [-0.2, -0.15) is 18.2 Å². The number of piperidine rings is 2. The molecule has 11 heteroatoms. The van der Waals surface area contributed by atoms with Gasteiger partial charge in [-0.05, 0) is 132 Å². The number of amides is 1. The Balaban J connectivity index is 0.983. The number of alkyl halides is 3. The van der Waals surface area contributed by atoms with Crippen LogP contribution >= 0.6 is 0 Å². The third kappa shape index (κ3) is 8.35. The molecule has 2 unspecified atom stereocenters. The molecule has 0 radical (unpaired) electrons. The minimum absolute atomic E-state index is 0.106. The van der Waals surface area contributed by atoms with Crippen LogP contribution in [0, 0.1) is 11.8 Å². The highest BCUT2D eigenvalue weighted by molar-refractivity contribution is 5.81. The molecule has 2 atom stereocenters. The first-order valence-electron chi connectivity index (χ1n) is 19.0. The summed E-state index contributed by atoms with van der Waals surface area (Å²) in [6.07, 6.45) is 9.17. The maximum absolute atomic E-state index is 14.0. The highest BCUT2D eigenvalue weighted by Gasteiger charge is 2.41. The normalized spacial score (nSPS) is 24.9.